The summed E-state index contributed by atoms with van der Waals surface area (Å²) in [6.45, 7) is 10.2. The molecule has 90 valence electrons. The molecule has 0 rings (SSSR count). The standard InChI is InChI=1S/C12H18FNO2/c1-6-8-10(9(13)7-2)14-11(15)16-12(3,4)5/h6-8H,1H2,2-5H3,(H,14,15)/b9-7+,10-8+. The molecule has 0 aromatic heterocycles. The number of hydrogen-bond donors (Lipinski definition) is 1. The van der Waals surface area contributed by atoms with E-state index in [9.17, 15) is 9.18 Å². The fraction of sp³-hybridized carbons (Fsp3) is 0.417. The van der Waals surface area contributed by atoms with Gasteiger partial charge in [0.25, 0.3) is 0 Å². The van der Waals surface area contributed by atoms with E-state index in [0.717, 1.165) is 0 Å². The van der Waals surface area contributed by atoms with Crippen molar-refractivity contribution >= 4 is 6.09 Å². The predicted molar refractivity (Wildman–Crippen MR) is 62.5 cm³/mol. The monoisotopic (exact) mass is 227 g/mol. The van der Waals surface area contributed by atoms with Crippen LogP contribution in [0.5, 0.6) is 0 Å². The van der Waals surface area contributed by atoms with Crippen molar-refractivity contribution in [2.24, 2.45) is 0 Å². The molecule has 16 heavy (non-hydrogen) atoms. The van der Waals surface area contributed by atoms with Gasteiger partial charge in [0.05, 0.1) is 5.70 Å². The van der Waals surface area contributed by atoms with Gasteiger partial charge in [-0.25, -0.2) is 9.18 Å². The lowest BCUT2D eigenvalue weighted by Crippen LogP contribution is -2.32. The maximum atomic E-state index is 13.3. The molecule has 1 N–H and O–H groups in total. The Bertz CT molecular complexity index is 324. The van der Waals surface area contributed by atoms with Gasteiger partial charge in [0.1, 0.15) is 11.4 Å². The van der Waals surface area contributed by atoms with E-state index in [1.807, 2.05) is 0 Å². The topological polar surface area (TPSA) is 38.3 Å². The molecule has 0 heterocycles. The smallest absolute Gasteiger partial charge is 0.412 e. The SMILES string of the molecule is C=C/C=C(NC(=O)OC(C)(C)C)\C(F)=C/C. The summed E-state index contributed by atoms with van der Waals surface area (Å²) in [6, 6.07) is 0. The third-order valence-corrected chi connectivity index (χ3v) is 1.43. The number of allylic oxidation sites excluding steroid dienone is 4. The van der Waals surface area contributed by atoms with Crippen molar-refractivity contribution in [2.45, 2.75) is 33.3 Å². The van der Waals surface area contributed by atoms with Crippen LogP contribution in [0, 0.1) is 0 Å². The fourth-order valence-electron chi connectivity index (χ4n) is 0.868. The van der Waals surface area contributed by atoms with Crippen molar-refractivity contribution in [3.63, 3.8) is 0 Å². The second kappa shape index (κ2) is 6.10. The number of alkyl carbamates (subject to hydrolysis) is 1. The second-order valence-electron chi connectivity index (χ2n) is 4.08. The number of hydrogen-bond acceptors (Lipinski definition) is 2. The normalized spacial score (nSPS) is 13.3. The van der Waals surface area contributed by atoms with Gasteiger partial charge in [-0.15, -0.1) is 0 Å². The number of nitrogens with one attached hydrogen (secondary N) is 1. The van der Waals surface area contributed by atoms with Crippen LogP contribution < -0.4 is 5.32 Å². The van der Waals surface area contributed by atoms with Crippen LogP contribution in [0.4, 0.5) is 9.18 Å². The van der Waals surface area contributed by atoms with Crippen LogP contribution in [0.25, 0.3) is 0 Å². The Labute approximate surface area is 95.7 Å². The number of carbonyl (C=O) groups is 1. The van der Waals surface area contributed by atoms with Gasteiger partial charge in [-0.05, 0) is 39.8 Å². The molecule has 4 heteroatoms. The van der Waals surface area contributed by atoms with E-state index in [2.05, 4.69) is 11.9 Å². The minimum atomic E-state index is -0.697. The summed E-state index contributed by atoms with van der Waals surface area (Å²) >= 11 is 0. The number of ether oxygens (including phenoxy) is 1. The van der Waals surface area contributed by atoms with Crippen LogP contribution >= 0.6 is 0 Å². The summed E-state index contributed by atoms with van der Waals surface area (Å²) < 4.78 is 18.2. The molecule has 0 fully saturated rings. The summed E-state index contributed by atoms with van der Waals surface area (Å²) in [5.74, 6) is -0.536. The molecule has 0 radical (unpaired) electrons. The van der Waals surface area contributed by atoms with Gasteiger partial charge in [0.2, 0.25) is 0 Å². The fourth-order valence-corrected chi connectivity index (χ4v) is 0.868. The summed E-state index contributed by atoms with van der Waals surface area (Å²) in [4.78, 5) is 11.4. The van der Waals surface area contributed by atoms with Gasteiger partial charge in [0.15, 0.2) is 0 Å². The van der Waals surface area contributed by atoms with Gasteiger partial charge < -0.3 is 4.74 Å². The number of rotatable bonds is 3. The van der Waals surface area contributed by atoms with Gasteiger partial charge in [-0.2, -0.15) is 0 Å². The summed E-state index contributed by atoms with van der Waals surface area (Å²) in [5.41, 5.74) is -0.581. The Balaban J connectivity index is 4.61. The Morgan fingerprint density at radius 3 is 2.38 bits per heavy atom. The summed E-state index contributed by atoms with van der Waals surface area (Å²) in [5, 5.41) is 2.31. The lowest BCUT2D eigenvalue weighted by Gasteiger charge is -2.20. The average Bonchev–Trinajstić information content (AvgIpc) is 2.13. The first-order chi connectivity index (χ1) is 7.30. The van der Waals surface area contributed by atoms with Crippen molar-refractivity contribution in [1.29, 1.82) is 0 Å². The molecule has 0 bridgehead atoms. The number of halogens is 1. The highest BCUT2D eigenvalue weighted by molar-refractivity contribution is 5.71. The van der Waals surface area contributed by atoms with Gasteiger partial charge >= 0.3 is 6.09 Å². The highest BCUT2D eigenvalue weighted by Crippen LogP contribution is 2.11. The molecular formula is C12H18FNO2. The predicted octanol–water partition coefficient (Wildman–Crippen LogP) is 3.45. The van der Waals surface area contributed by atoms with E-state index in [1.54, 1.807) is 20.8 Å². The van der Waals surface area contributed by atoms with Crippen LogP contribution in [0.3, 0.4) is 0 Å². The molecule has 0 saturated carbocycles. The molecule has 0 unspecified atom stereocenters. The molecule has 3 nitrogen and oxygen atoms in total. The van der Waals surface area contributed by atoms with Gasteiger partial charge in [0, 0.05) is 0 Å². The highest BCUT2D eigenvalue weighted by Gasteiger charge is 2.17. The minimum absolute atomic E-state index is 0.0340. The zero-order valence-corrected chi connectivity index (χ0v) is 10.1. The zero-order chi connectivity index (χ0) is 12.8. The summed E-state index contributed by atoms with van der Waals surface area (Å²) in [7, 11) is 0. The molecule has 1 amide bonds. The van der Waals surface area contributed by atoms with E-state index in [1.165, 1.54) is 25.2 Å². The Kier molecular flexibility index (Phi) is 5.50. The van der Waals surface area contributed by atoms with Crippen LogP contribution in [-0.2, 0) is 4.74 Å². The lowest BCUT2D eigenvalue weighted by molar-refractivity contribution is 0.0545. The van der Waals surface area contributed by atoms with Gasteiger partial charge in [-0.1, -0.05) is 12.7 Å². The first kappa shape index (κ1) is 14.4. The van der Waals surface area contributed by atoms with E-state index in [0.29, 0.717) is 0 Å². The van der Waals surface area contributed by atoms with E-state index in [-0.39, 0.29) is 5.70 Å². The highest BCUT2D eigenvalue weighted by atomic mass is 19.1. The first-order valence-electron chi connectivity index (χ1n) is 4.95. The number of amides is 1. The molecule has 0 spiro atoms. The molecule has 0 aliphatic carbocycles. The maximum Gasteiger partial charge on any atom is 0.412 e. The second-order valence-corrected chi connectivity index (χ2v) is 4.08. The Hall–Kier alpha value is -1.58. The van der Waals surface area contributed by atoms with E-state index in [4.69, 9.17) is 4.74 Å². The van der Waals surface area contributed by atoms with Crippen LogP contribution in [-0.4, -0.2) is 11.7 Å². The first-order valence-corrected chi connectivity index (χ1v) is 4.95. The molecule has 0 aromatic rings. The molecule has 0 atom stereocenters. The van der Waals surface area contributed by atoms with Crippen molar-refractivity contribution in [1.82, 2.24) is 5.32 Å². The quantitative estimate of drug-likeness (QED) is 0.750. The van der Waals surface area contributed by atoms with Crippen molar-refractivity contribution in [2.75, 3.05) is 0 Å². The molecule has 0 aromatic carbocycles. The largest absolute Gasteiger partial charge is 0.444 e. The number of carbonyl (C=O) groups excluding carboxylic acids is 1. The third-order valence-electron chi connectivity index (χ3n) is 1.43. The molecule has 0 saturated heterocycles. The third kappa shape index (κ3) is 6.01. The van der Waals surface area contributed by atoms with Crippen molar-refractivity contribution in [3.05, 3.63) is 36.3 Å². The van der Waals surface area contributed by atoms with E-state index >= 15 is 0 Å². The molecular weight excluding hydrogens is 209 g/mol. The van der Waals surface area contributed by atoms with E-state index < -0.39 is 17.5 Å². The Morgan fingerprint density at radius 1 is 1.44 bits per heavy atom. The zero-order valence-electron chi connectivity index (χ0n) is 10.1. The molecule has 0 aliphatic rings. The van der Waals surface area contributed by atoms with Crippen molar-refractivity contribution in [3.8, 4) is 0 Å². The van der Waals surface area contributed by atoms with Gasteiger partial charge in [-0.3, -0.25) is 5.32 Å². The minimum Gasteiger partial charge on any atom is -0.444 e. The lowest BCUT2D eigenvalue weighted by atomic mass is 10.2. The maximum absolute atomic E-state index is 13.3. The van der Waals surface area contributed by atoms with Crippen molar-refractivity contribution < 1.29 is 13.9 Å². The summed E-state index contributed by atoms with van der Waals surface area (Å²) in [6.07, 6.45) is 3.29. The van der Waals surface area contributed by atoms with Crippen LogP contribution in [0.1, 0.15) is 27.7 Å². The Morgan fingerprint density at radius 2 is 2.00 bits per heavy atom. The average molecular weight is 227 g/mol. The van der Waals surface area contributed by atoms with Crippen LogP contribution in [0.2, 0.25) is 0 Å². The van der Waals surface area contributed by atoms with Crippen LogP contribution in [0.15, 0.2) is 36.3 Å². The molecule has 0 aliphatic heterocycles.